The first kappa shape index (κ1) is 28.9. The van der Waals surface area contributed by atoms with Crippen LogP contribution in [0.2, 0.25) is 0 Å². The van der Waals surface area contributed by atoms with Crippen LogP contribution in [-0.4, -0.2) is 77.4 Å². The first-order valence-corrected chi connectivity index (χ1v) is 13.3. The summed E-state index contributed by atoms with van der Waals surface area (Å²) in [6.07, 6.45) is 6.52. The van der Waals surface area contributed by atoms with Gasteiger partial charge in [-0.1, -0.05) is 39.3 Å². The number of aliphatic carboxylic acids is 1. The summed E-state index contributed by atoms with van der Waals surface area (Å²) >= 11 is 0. The number of amides is 1. The molecule has 1 saturated heterocycles. The normalized spacial score (nSPS) is 21.6. The largest absolute Gasteiger partial charge is 0.481 e. The third-order valence-electron chi connectivity index (χ3n) is 7.43. The van der Waals surface area contributed by atoms with Crippen molar-refractivity contribution in [3.05, 3.63) is 35.4 Å². The summed E-state index contributed by atoms with van der Waals surface area (Å²) in [7, 11) is 0. The van der Waals surface area contributed by atoms with Crippen LogP contribution in [0.25, 0.3) is 0 Å². The first-order chi connectivity index (χ1) is 17.6. The number of nitrogens with two attached hydrogens (primary N) is 1. The van der Waals surface area contributed by atoms with Crippen molar-refractivity contribution in [2.24, 2.45) is 17.1 Å². The molecular weight excluding hydrogens is 474 g/mol. The number of nitrogens with zero attached hydrogens (tertiary/aromatic N) is 2. The van der Waals surface area contributed by atoms with Gasteiger partial charge in [-0.25, -0.2) is 0 Å². The number of fused-ring (bicyclic) bond motifs is 1. The Labute approximate surface area is 220 Å². The highest BCUT2D eigenvalue weighted by molar-refractivity contribution is 5.79. The second-order valence-corrected chi connectivity index (χ2v) is 10.8. The van der Waals surface area contributed by atoms with E-state index in [4.69, 9.17) is 15.2 Å². The number of aliphatic hydroxyl groups is 1. The fourth-order valence-electron chi connectivity index (χ4n) is 5.72. The van der Waals surface area contributed by atoms with Crippen molar-refractivity contribution in [1.82, 2.24) is 9.80 Å². The molecule has 2 aliphatic rings. The van der Waals surface area contributed by atoms with Crippen LogP contribution >= 0.6 is 0 Å². The molecule has 3 atom stereocenters. The zero-order chi connectivity index (χ0) is 27.2. The number of carbonyl (C=O) groups excluding carboxylic acids is 1. The fraction of sp³-hybridized carbons (Fsp3) is 0.643. The molecule has 206 valence electrons. The molecule has 3 rings (SSSR count). The molecule has 0 spiro atoms. The van der Waals surface area contributed by atoms with E-state index >= 15 is 0 Å². The van der Waals surface area contributed by atoms with Gasteiger partial charge in [0.25, 0.3) is 0 Å². The lowest BCUT2D eigenvalue weighted by Crippen LogP contribution is -2.46. The monoisotopic (exact) mass is 517 g/mol. The highest BCUT2D eigenvalue weighted by Gasteiger charge is 2.49. The van der Waals surface area contributed by atoms with E-state index in [0.29, 0.717) is 49.7 Å². The Morgan fingerprint density at radius 2 is 2.03 bits per heavy atom. The number of ether oxygens (including phenoxy) is 2. The molecular formula is C28H43N3O6. The van der Waals surface area contributed by atoms with Crippen molar-refractivity contribution in [3.63, 3.8) is 0 Å². The van der Waals surface area contributed by atoms with Gasteiger partial charge in [0.05, 0.1) is 19.1 Å². The second-order valence-electron chi connectivity index (χ2n) is 10.8. The van der Waals surface area contributed by atoms with E-state index in [1.54, 1.807) is 4.90 Å². The summed E-state index contributed by atoms with van der Waals surface area (Å²) in [5.41, 5.74) is 6.88. The van der Waals surface area contributed by atoms with E-state index < -0.39 is 11.9 Å². The van der Waals surface area contributed by atoms with E-state index in [1.165, 1.54) is 0 Å². The van der Waals surface area contributed by atoms with E-state index in [0.717, 1.165) is 18.4 Å². The third-order valence-corrected chi connectivity index (χ3v) is 7.43. The quantitative estimate of drug-likeness (QED) is 0.341. The zero-order valence-electron chi connectivity index (χ0n) is 22.6. The number of carboxylic acid groups (broad SMARTS) is 1. The Kier molecular flexibility index (Phi) is 9.98. The zero-order valence-corrected chi connectivity index (χ0v) is 22.6. The smallest absolute Gasteiger partial charge is 0.308 e. The molecule has 2 aliphatic heterocycles. The van der Waals surface area contributed by atoms with Crippen LogP contribution in [0.4, 0.5) is 0 Å². The van der Waals surface area contributed by atoms with Gasteiger partial charge in [-0.2, -0.15) is 0 Å². The second kappa shape index (κ2) is 12.8. The standard InChI is InChI=1S/C28H43N3O6/c1-5-7-10-30(11-9-29)24(33)16-31-15-21(19-12-20(17-32)26-23(13-19)36-18-37-26)25(27(34)35)22(31)14-28(3,4)8-6-2/h6,8,12-13,21-22,25,32H,5,7,9-11,14-18,29H2,1-4H3,(H,34,35)/b8-6+/t21-,22+,25-/m1/s1. The molecule has 0 saturated carbocycles. The Morgan fingerprint density at radius 3 is 2.65 bits per heavy atom. The van der Waals surface area contributed by atoms with Crippen molar-refractivity contribution in [3.8, 4) is 11.5 Å². The van der Waals surface area contributed by atoms with Gasteiger partial charge in [0.1, 0.15) is 0 Å². The predicted octanol–water partition coefficient (Wildman–Crippen LogP) is 2.96. The van der Waals surface area contributed by atoms with Gasteiger partial charge >= 0.3 is 5.97 Å². The maximum absolute atomic E-state index is 13.4. The summed E-state index contributed by atoms with van der Waals surface area (Å²) in [4.78, 5) is 30.0. The molecule has 37 heavy (non-hydrogen) atoms. The van der Waals surface area contributed by atoms with Crippen molar-refractivity contribution in [1.29, 1.82) is 0 Å². The number of allylic oxidation sites excluding steroid dienone is 2. The van der Waals surface area contributed by atoms with Crippen LogP contribution in [0.5, 0.6) is 11.5 Å². The number of rotatable bonds is 13. The number of carboxylic acids is 1. The number of hydrogen-bond acceptors (Lipinski definition) is 7. The number of unbranched alkanes of at least 4 members (excludes halogenated alkanes) is 1. The highest BCUT2D eigenvalue weighted by Crippen LogP contribution is 2.46. The number of aliphatic hydroxyl groups excluding tert-OH is 1. The molecule has 0 aliphatic carbocycles. The topological polar surface area (TPSA) is 126 Å². The van der Waals surface area contributed by atoms with Crippen molar-refractivity contribution < 1.29 is 29.3 Å². The molecule has 4 N–H and O–H groups in total. The third kappa shape index (κ3) is 6.83. The van der Waals surface area contributed by atoms with Crippen LogP contribution < -0.4 is 15.2 Å². The summed E-state index contributed by atoms with van der Waals surface area (Å²) in [5, 5.41) is 20.4. The Hall–Kier alpha value is -2.62. The number of likely N-dealkylation sites (tertiary alicyclic amines) is 1. The number of hydrogen-bond donors (Lipinski definition) is 3. The minimum Gasteiger partial charge on any atom is -0.481 e. The lowest BCUT2D eigenvalue weighted by molar-refractivity contribution is -0.144. The van der Waals surface area contributed by atoms with E-state index in [9.17, 15) is 19.8 Å². The van der Waals surface area contributed by atoms with Crippen LogP contribution in [0.15, 0.2) is 24.3 Å². The van der Waals surface area contributed by atoms with Crippen LogP contribution in [0.1, 0.15) is 64.0 Å². The molecule has 1 aromatic rings. The average Bonchev–Trinajstić information content (AvgIpc) is 3.45. The molecule has 0 radical (unpaired) electrons. The highest BCUT2D eigenvalue weighted by atomic mass is 16.7. The summed E-state index contributed by atoms with van der Waals surface area (Å²) in [6.45, 7) is 10.1. The first-order valence-electron chi connectivity index (χ1n) is 13.3. The van der Waals surface area contributed by atoms with E-state index in [-0.39, 0.29) is 43.2 Å². The molecule has 1 fully saturated rings. The maximum Gasteiger partial charge on any atom is 0.308 e. The van der Waals surface area contributed by atoms with Gasteiger partial charge in [0, 0.05) is 43.7 Å². The Morgan fingerprint density at radius 1 is 1.27 bits per heavy atom. The summed E-state index contributed by atoms with van der Waals surface area (Å²) in [5.74, 6) is -1.02. The van der Waals surface area contributed by atoms with Gasteiger partial charge in [-0.15, -0.1) is 0 Å². The van der Waals surface area contributed by atoms with Crippen LogP contribution in [0.3, 0.4) is 0 Å². The lowest BCUT2D eigenvalue weighted by atomic mass is 9.77. The number of carbonyl (C=O) groups is 2. The van der Waals surface area contributed by atoms with Crippen molar-refractivity contribution in [2.75, 3.05) is 39.5 Å². The van der Waals surface area contributed by atoms with Crippen molar-refractivity contribution >= 4 is 11.9 Å². The van der Waals surface area contributed by atoms with Crippen LogP contribution in [-0.2, 0) is 16.2 Å². The molecule has 9 nitrogen and oxygen atoms in total. The lowest BCUT2D eigenvalue weighted by Gasteiger charge is -2.34. The van der Waals surface area contributed by atoms with Crippen LogP contribution in [0, 0.1) is 11.3 Å². The molecule has 2 heterocycles. The summed E-state index contributed by atoms with van der Waals surface area (Å²) < 4.78 is 11.1. The van der Waals surface area contributed by atoms with Crippen molar-refractivity contribution in [2.45, 2.75) is 65.5 Å². The predicted molar refractivity (Wildman–Crippen MR) is 141 cm³/mol. The van der Waals surface area contributed by atoms with Gasteiger partial charge < -0.3 is 30.3 Å². The van der Waals surface area contributed by atoms with E-state index in [1.807, 2.05) is 30.0 Å². The molecule has 1 amide bonds. The van der Waals surface area contributed by atoms with Gasteiger partial charge in [-0.3, -0.25) is 14.5 Å². The van der Waals surface area contributed by atoms with Gasteiger partial charge in [0.15, 0.2) is 11.5 Å². The summed E-state index contributed by atoms with van der Waals surface area (Å²) in [6, 6.07) is 3.28. The SMILES string of the molecule is C/C=C/C(C)(C)C[C@H]1[C@H](C(=O)O)[C@@H](c2cc(CO)c3c(c2)OCO3)CN1CC(=O)N(CCN)CCCC. The Balaban J connectivity index is 1.98. The molecule has 0 unspecified atom stereocenters. The molecule has 9 heteroatoms. The van der Waals surface area contributed by atoms with Gasteiger partial charge in [0.2, 0.25) is 12.7 Å². The fourth-order valence-corrected chi connectivity index (χ4v) is 5.72. The molecule has 1 aromatic carbocycles. The number of benzene rings is 1. The molecule has 0 bridgehead atoms. The molecule has 0 aromatic heterocycles. The Bertz CT molecular complexity index is 979. The maximum atomic E-state index is 13.4. The minimum absolute atomic E-state index is 0.0285. The van der Waals surface area contributed by atoms with Gasteiger partial charge in [-0.05, 0) is 42.9 Å². The average molecular weight is 518 g/mol. The minimum atomic E-state index is -0.894. The van der Waals surface area contributed by atoms with E-state index in [2.05, 4.69) is 26.8 Å².